The Bertz CT molecular complexity index is 1120. The molecule has 1 saturated heterocycles. The fourth-order valence-corrected chi connectivity index (χ4v) is 4.48. The van der Waals surface area contributed by atoms with E-state index in [0.29, 0.717) is 21.8 Å². The van der Waals surface area contributed by atoms with Crippen molar-refractivity contribution in [2.75, 3.05) is 13.7 Å². The third kappa shape index (κ3) is 4.53. The summed E-state index contributed by atoms with van der Waals surface area (Å²) < 4.78 is 5.49. The number of ether oxygens (including phenoxy) is 1. The van der Waals surface area contributed by atoms with E-state index in [9.17, 15) is 4.79 Å². The van der Waals surface area contributed by atoms with Gasteiger partial charge in [-0.05, 0) is 35.5 Å². The first-order chi connectivity index (χ1) is 14.6. The Hall–Kier alpha value is -3.16. The first-order valence-electron chi connectivity index (χ1n) is 9.25. The van der Waals surface area contributed by atoms with Gasteiger partial charge in [-0.2, -0.15) is 4.99 Å². The van der Waals surface area contributed by atoms with E-state index in [4.69, 9.17) is 4.74 Å². The summed E-state index contributed by atoms with van der Waals surface area (Å²) >= 11 is 2.81. The SMILES string of the molecule is C=CCOc1ccc(/C=C2\S/C(=N/c3nc(-c4ccccc4)cs3)N(C)C2=O)cc1. The maximum Gasteiger partial charge on any atom is 0.266 e. The highest BCUT2D eigenvalue weighted by atomic mass is 32.2. The summed E-state index contributed by atoms with van der Waals surface area (Å²) in [4.78, 5) is 24.0. The summed E-state index contributed by atoms with van der Waals surface area (Å²) in [6.45, 7) is 4.10. The smallest absolute Gasteiger partial charge is 0.266 e. The van der Waals surface area contributed by atoms with Crippen LogP contribution in [0.4, 0.5) is 5.13 Å². The van der Waals surface area contributed by atoms with Crippen LogP contribution in [-0.2, 0) is 4.79 Å². The first-order valence-corrected chi connectivity index (χ1v) is 10.9. The van der Waals surface area contributed by atoms with Gasteiger partial charge >= 0.3 is 0 Å². The van der Waals surface area contributed by atoms with Crippen LogP contribution in [0.1, 0.15) is 5.56 Å². The molecule has 0 radical (unpaired) electrons. The van der Waals surface area contributed by atoms with Crippen molar-refractivity contribution in [1.29, 1.82) is 0 Å². The van der Waals surface area contributed by atoms with E-state index in [0.717, 1.165) is 22.6 Å². The van der Waals surface area contributed by atoms with Gasteiger partial charge < -0.3 is 4.74 Å². The number of aromatic nitrogens is 1. The predicted octanol–water partition coefficient (Wildman–Crippen LogP) is 5.61. The zero-order valence-corrected chi connectivity index (χ0v) is 18.0. The van der Waals surface area contributed by atoms with E-state index in [1.807, 2.05) is 66.1 Å². The van der Waals surface area contributed by atoms with Crippen LogP contribution < -0.4 is 4.74 Å². The van der Waals surface area contributed by atoms with Gasteiger partial charge in [0.2, 0.25) is 5.13 Å². The van der Waals surface area contributed by atoms with E-state index < -0.39 is 0 Å². The lowest BCUT2D eigenvalue weighted by Gasteiger charge is -2.05. The molecule has 0 unspecified atom stereocenters. The number of thioether (sulfide) groups is 1. The molecule has 150 valence electrons. The van der Waals surface area contributed by atoms with Crippen LogP contribution in [0.3, 0.4) is 0 Å². The van der Waals surface area contributed by atoms with Gasteiger partial charge in [-0.1, -0.05) is 55.1 Å². The largest absolute Gasteiger partial charge is 0.490 e. The molecule has 1 aromatic heterocycles. The van der Waals surface area contributed by atoms with Gasteiger partial charge in [0.1, 0.15) is 12.4 Å². The lowest BCUT2D eigenvalue weighted by atomic mass is 10.2. The molecule has 0 bridgehead atoms. The van der Waals surface area contributed by atoms with Gasteiger partial charge in [0, 0.05) is 18.0 Å². The molecule has 0 atom stereocenters. The Morgan fingerprint density at radius 2 is 1.93 bits per heavy atom. The molecule has 5 nitrogen and oxygen atoms in total. The van der Waals surface area contributed by atoms with Crippen molar-refractivity contribution in [3.05, 3.63) is 83.1 Å². The highest BCUT2D eigenvalue weighted by Gasteiger charge is 2.30. The first kappa shape index (κ1) is 20.1. The van der Waals surface area contributed by atoms with Crippen LogP contribution >= 0.6 is 23.1 Å². The molecule has 0 spiro atoms. The Balaban J connectivity index is 1.52. The molecule has 2 aromatic carbocycles. The van der Waals surface area contributed by atoms with Gasteiger partial charge in [-0.25, -0.2) is 4.98 Å². The number of carbonyl (C=O) groups is 1. The second-order valence-corrected chi connectivity index (χ2v) is 8.26. The summed E-state index contributed by atoms with van der Waals surface area (Å²) in [6, 6.07) is 17.5. The van der Waals surface area contributed by atoms with Crippen molar-refractivity contribution >= 4 is 45.4 Å². The maximum absolute atomic E-state index is 12.6. The number of nitrogens with zero attached hydrogens (tertiary/aromatic N) is 3. The van der Waals surface area contributed by atoms with Crippen LogP contribution in [0.25, 0.3) is 17.3 Å². The van der Waals surface area contributed by atoms with Gasteiger partial charge in [0.15, 0.2) is 5.17 Å². The number of thiazole rings is 1. The van der Waals surface area contributed by atoms with Crippen LogP contribution in [0.5, 0.6) is 5.75 Å². The minimum absolute atomic E-state index is 0.0782. The van der Waals surface area contributed by atoms with E-state index in [1.165, 1.54) is 23.1 Å². The average Bonchev–Trinajstić information content (AvgIpc) is 3.35. The molecular formula is C23H19N3O2S2. The molecule has 1 amide bonds. The number of amidine groups is 1. The molecule has 7 heteroatoms. The number of amides is 1. The molecule has 1 fully saturated rings. The average molecular weight is 434 g/mol. The number of aliphatic imine (C=N–C) groups is 1. The molecule has 4 rings (SSSR count). The van der Waals surface area contributed by atoms with Crippen molar-refractivity contribution in [2.45, 2.75) is 0 Å². The molecule has 2 heterocycles. The van der Waals surface area contributed by atoms with E-state index >= 15 is 0 Å². The molecule has 1 aliphatic rings. The lowest BCUT2D eigenvalue weighted by molar-refractivity contribution is -0.121. The topological polar surface area (TPSA) is 54.8 Å². The third-order valence-electron chi connectivity index (χ3n) is 4.30. The third-order valence-corrected chi connectivity index (χ3v) is 6.10. The Labute approximate surface area is 183 Å². The van der Waals surface area contributed by atoms with Gasteiger partial charge in [-0.15, -0.1) is 11.3 Å². The van der Waals surface area contributed by atoms with Gasteiger partial charge in [0.05, 0.1) is 10.6 Å². The van der Waals surface area contributed by atoms with Crippen molar-refractivity contribution in [2.24, 2.45) is 4.99 Å². The Kier molecular flexibility index (Phi) is 6.11. The van der Waals surface area contributed by atoms with E-state index in [-0.39, 0.29) is 5.91 Å². The quantitative estimate of drug-likeness (QED) is 0.375. The van der Waals surface area contributed by atoms with Crippen LogP contribution in [0.2, 0.25) is 0 Å². The standard InChI is InChI=1S/C23H19N3O2S2/c1-3-13-28-18-11-9-16(10-12-18)14-20-21(27)26(2)23(30-20)25-22-24-19(15-29-22)17-7-5-4-6-8-17/h3-12,14-15H,1,13H2,2H3/b20-14-,25-23+. The zero-order valence-electron chi connectivity index (χ0n) is 16.3. The number of benzene rings is 2. The van der Waals surface area contributed by atoms with Crippen molar-refractivity contribution in [1.82, 2.24) is 9.88 Å². The van der Waals surface area contributed by atoms with Gasteiger partial charge in [0.25, 0.3) is 5.91 Å². The maximum atomic E-state index is 12.6. The molecule has 0 saturated carbocycles. The molecule has 0 N–H and O–H groups in total. The molecule has 30 heavy (non-hydrogen) atoms. The predicted molar refractivity (Wildman–Crippen MR) is 125 cm³/mol. The summed E-state index contributed by atoms with van der Waals surface area (Å²) in [7, 11) is 1.73. The van der Waals surface area contributed by atoms with Crippen molar-refractivity contribution < 1.29 is 9.53 Å². The van der Waals surface area contributed by atoms with Crippen LogP contribution in [-0.4, -0.2) is 34.6 Å². The number of carbonyl (C=O) groups excluding carboxylic acids is 1. The lowest BCUT2D eigenvalue weighted by Crippen LogP contribution is -2.23. The van der Waals surface area contributed by atoms with Crippen molar-refractivity contribution in [3.63, 3.8) is 0 Å². The highest BCUT2D eigenvalue weighted by molar-refractivity contribution is 8.18. The second-order valence-electron chi connectivity index (χ2n) is 6.42. The Morgan fingerprint density at radius 3 is 2.67 bits per heavy atom. The summed E-state index contributed by atoms with van der Waals surface area (Å²) in [6.07, 6.45) is 3.56. The fourth-order valence-electron chi connectivity index (χ4n) is 2.76. The highest BCUT2D eigenvalue weighted by Crippen LogP contribution is 2.35. The van der Waals surface area contributed by atoms with Crippen LogP contribution in [0, 0.1) is 0 Å². The summed E-state index contributed by atoms with van der Waals surface area (Å²) in [5.41, 5.74) is 2.85. The molecule has 3 aromatic rings. The zero-order chi connectivity index (χ0) is 20.9. The van der Waals surface area contributed by atoms with Gasteiger partial charge in [-0.3, -0.25) is 9.69 Å². The number of rotatable bonds is 6. The van der Waals surface area contributed by atoms with Crippen molar-refractivity contribution in [3.8, 4) is 17.0 Å². The second kappa shape index (κ2) is 9.11. The monoisotopic (exact) mass is 433 g/mol. The summed E-state index contributed by atoms with van der Waals surface area (Å²) in [5, 5.41) is 3.22. The fraction of sp³-hybridized carbons (Fsp3) is 0.0870. The van der Waals surface area contributed by atoms with Crippen LogP contribution in [0.15, 0.2) is 82.5 Å². The molecule has 0 aliphatic carbocycles. The molecule has 1 aliphatic heterocycles. The van der Waals surface area contributed by atoms with E-state index in [2.05, 4.69) is 16.6 Å². The summed E-state index contributed by atoms with van der Waals surface area (Å²) in [5.74, 6) is 0.686. The van der Waals surface area contributed by atoms with E-state index in [1.54, 1.807) is 18.0 Å². The number of hydrogen-bond acceptors (Lipinski definition) is 6. The number of hydrogen-bond donors (Lipinski definition) is 0. The minimum atomic E-state index is -0.0782. The normalized spacial score (nSPS) is 16.4. The number of likely N-dealkylation sites (N-methyl/N-ethyl adjacent to an activating group) is 1. The minimum Gasteiger partial charge on any atom is -0.490 e. The molecular weight excluding hydrogens is 414 g/mol. The Morgan fingerprint density at radius 1 is 1.17 bits per heavy atom.